The molecule has 2 heterocycles. The van der Waals surface area contributed by atoms with Crippen LogP contribution < -0.4 is 10.5 Å². The molecular formula is C22H14F4N7O2S-. The Balaban J connectivity index is 2.14. The van der Waals surface area contributed by atoms with Crippen LogP contribution in [0.1, 0.15) is 17.1 Å². The molecule has 0 radical (unpaired) electrons. The van der Waals surface area contributed by atoms with Crippen molar-refractivity contribution in [2.75, 3.05) is 10.5 Å². The Morgan fingerprint density at radius 1 is 1.14 bits per heavy atom. The predicted molar refractivity (Wildman–Crippen MR) is 121 cm³/mol. The summed E-state index contributed by atoms with van der Waals surface area (Å²) in [6, 6.07) is 12.1. The molecule has 0 bridgehead atoms. The fourth-order valence-electron chi connectivity index (χ4n) is 3.49. The minimum atomic E-state index is -4.99. The van der Waals surface area contributed by atoms with Crippen LogP contribution in [-0.4, -0.2) is 28.5 Å². The molecule has 2 aromatic carbocycles. The number of hydrogen-bond acceptors (Lipinski definition) is 7. The van der Waals surface area contributed by atoms with E-state index in [0.29, 0.717) is 0 Å². The number of hydrogen-bond donors (Lipinski definition) is 2. The van der Waals surface area contributed by atoms with Crippen molar-refractivity contribution in [1.29, 1.82) is 5.26 Å². The maximum Gasteiger partial charge on any atom is 0.451 e. The van der Waals surface area contributed by atoms with Gasteiger partial charge in [0.2, 0.25) is 5.82 Å². The first-order chi connectivity index (χ1) is 17.0. The molecule has 1 atom stereocenters. The van der Waals surface area contributed by atoms with E-state index in [-0.39, 0.29) is 45.1 Å². The van der Waals surface area contributed by atoms with E-state index in [9.17, 15) is 31.6 Å². The summed E-state index contributed by atoms with van der Waals surface area (Å²) in [6.45, 7) is 1.45. The largest absolute Gasteiger partial charge is 0.755 e. The lowest BCUT2D eigenvalue weighted by Gasteiger charge is -2.18. The van der Waals surface area contributed by atoms with Crippen molar-refractivity contribution in [3.63, 3.8) is 0 Å². The molecule has 0 spiro atoms. The van der Waals surface area contributed by atoms with Crippen LogP contribution in [0.25, 0.3) is 28.2 Å². The summed E-state index contributed by atoms with van der Waals surface area (Å²) in [5.74, 6) is -2.83. The van der Waals surface area contributed by atoms with Crippen LogP contribution in [0.3, 0.4) is 0 Å². The molecule has 36 heavy (non-hydrogen) atoms. The third-order valence-electron chi connectivity index (χ3n) is 5.02. The summed E-state index contributed by atoms with van der Waals surface area (Å²) in [7, 11) is 0. The Bertz CT molecular complexity index is 1530. The smallest absolute Gasteiger partial charge is 0.451 e. The topological polar surface area (TPSA) is 146 Å². The zero-order valence-corrected chi connectivity index (χ0v) is 19.0. The fraction of sp³-hybridized carbons (Fsp3) is 0.0909. The van der Waals surface area contributed by atoms with Gasteiger partial charge in [-0.1, -0.05) is 12.1 Å². The summed E-state index contributed by atoms with van der Waals surface area (Å²) in [5.41, 5.74) is 6.26. The maximum atomic E-state index is 13.9. The van der Waals surface area contributed by atoms with Crippen molar-refractivity contribution in [3.05, 3.63) is 71.4 Å². The minimum Gasteiger partial charge on any atom is -0.755 e. The summed E-state index contributed by atoms with van der Waals surface area (Å²) in [5, 5.41) is 13.5. The first kappa shape index (κ1) is 24.8. The predicted octanol–water partition coefficient (Wildman–Crippen LogP) is 4.12. The summed E-state index contributed by atoms with van der Waals surface area (Å²) in [4.78, 5) is 7.42. The van der Waals surface area contributed by atoms with Gasteiger partial charge in [0.1, 0.15) is 23.3 Å². The highest BCUT2D eigenvalue weighted by molar-refractivity contribution is 7.80. The third-order valence-corrected chi connectivity index (χ3v) is 5.42. The molecular weight excluding hydrogens is 502 g/mol. The highest BCUT2D eigenvalue weighted by atomic mass is 32.2. The highest BCUT2D eigenvalue weighted by Crippen LogP contribution is 2.39. The first-order valence-electron chi connectivity index (χ1n) is 9.96. The molecule has 0 aliphatic carbocycles. The minimum absolute atomic E-state index is 0.0198. The van der Waals surface area contributed by atoms with Gasteiger partial charge in [0.25, 0.3) is 0 Å². The summed E-state index contributed by atoms with van der Waals surface area (Å²) < 4.78 is 80.5. The number of nitrogens with one attached hydrogen (secondary N) is 1. The average molecular weight is 516 g/mol. The van der Waals surface area contributed by atoms with Crippen molar-refractivity contribution in [1.82, 2.24) is 19.7 Å². The average Bonchev–Trinajstić information content (AvgIpc) is 3.10. The number of anilines is 2. The number of nitrogens with two attached hydrogens (primary N) is 1. The van der Waals surface area contributed by atoms with E-state index in [1.165, 1.54) is 43.3 Å². The quantitative estimate of drug-likeness (QED) is 0.300. The van der Waals surface area contributed by atoms with Gasteiger partial charge in [-0.15, -0.1) is 0 Å². The number of aromatic nitrogens is 4. The number of alkyl halides is 3. The van der Waals surface area contributed by atoms with Crippen LogP contribution >= 0.6 is 0 Å². The Labute approximate surface area is 203 Å². The van der Waals surface area contributed by atoms with Crippen molar-refractivity contribution >= 4 is 22.8 Å². The van der Waals surface area contributed by atoms with Gasteiger partial charge in [0, 0.05) is 22.5 Å². The fourth-order valence-corrected chi connectivity index (χ4v) is 3.81. The Morgan fingerprint density at radius 2 is 1.83 bits per heavy atom. The molecule has 2 aromatic heterocycles. The Hall–Kier alpha value is -4.35. The number of nitrogens with zero attached hydrogens (tertiary/aromatic N) is 5. The van der Waals surface area contributed by atoms with Crippen molar-refractivity contribution in [3.8, 4) is 34.3 Å². The Morgan fingerprint density at radius 3 is 2.42 bits per heavy atom. The SMILES string of the molecule is Cc1nn(-c2nc(C(F)(F)F)nc(-c3ccc(F)cc3)c2-c2cccc(NS(=O)[O-])c2)c(N)c1C#N. The van der Waals surface area contributed by atoms with Gasteiger partial charge in [0.05, 0.1) is 17.0 Å². The van der Waals surface area contributed by atoms with E-state index in [2.05, 4.69) is 19.8 Å². The van der Waals surface area contributed by atoms with E-state index >= 15 is 0 Å². The van der Waals surface area contributed by atoms with Crippen molar-refractivity contribution in [2.45, 2.75) is 13.1 Å². The number of aryl methyl sites for hydroxylation is 1. The second kappa shape index (κ2) is 9.36. The first-order valence-corrected chi connectivity index (χ1v) is 11.0. The number of nitrogen functional groups attached to an aromatic ring is 1. The Kier molecular flexibility index (Phi) is 6.44. The maximum absolute atomic E-state index is 13.9. The van der Waals surface area contributed by atoms with Gasteiger partial charge in [0.15, 0.2) is 5.82 Å². The lowest BCUT2D eigenvalue weighted by molar-refractivity contribution is -0.144. The molecule has 0 saturated heterocycles. The van der Waals surface area contributed by atoms with Gasteiger partial charge in [-0.25, -0.2) is 14.4 Å². The van der Waals surface area contributed by atoms with Crippen LogP contribution in [-0.2, 0) is 17.4 Å². The van der Waals surface area contributed by atoms with E-state index < -0.39 is 34.9 Å². The van der Waals surface area contributed by atoms with E-state index in [1.54, 1.807) is 0 Å². The summed E-state index contributed by atoms with van der Waals surface area (Å²) in [6.07, 6.45) is -4.99. The van der Waals surface area contributed by atoms with Crippen LogP contribution in [0.4, 0.5) is 29.1 Å². The molecule has 0 saturated carbocycles. The number of rotatable bonds is 5. The van der Waals surface area contributed by atoms with E-state index in [4.69, 9.17) is 5.73 Å². The highest BCUT2D eigenvalue weighted by Gasteiger charge is 2.37. The molecule has 184 valence electrons. The lowest BCUT2D eigenvalue weighted by atomic mass is 9.98. The molecule has 14 heteroatoms. The lowest BCUT2D eigenvalue weighted by Crippen LogP contribution is -2.17. The zero-order valence-electron chi connectivity index (χ0n) is 18.2. The number of benzene rings is 2. The number of nitriles is 1. The molecule has 3 N–H and O–H groups in total. The van der Waals surface area contributed by atoms with E-state index in [1.807, 2.05) is 6.07 Å². The molecule has 4 rings (SSSR count). The molecule has 9 nitrogen and oxygen atoms in total. The monoisotopic (exact) mass is 516 g/mol. The third kappa shape index (κ3) is 4.74. The van der Waals surface area contributed by atoms with Crippen LogP contribution in [0.2, 0.25) is 0 Å². The number of halogens is 4. The van der Waals surface area contributed by atoms with Crippen molar-refractivity contribution < 1.29 is 26.3 Å². The van der Waals surface area contributed by atoms with Crippen molar-refractivity contribution in [2.24, 2.45) is 0 Å². The van der Waals surface area contributed by atoms with Crippen LogP contribution in [0.5, 0.6) is 0 Å². The van der Waals surface area contributed by atoms with E-state index in [0.717, 1.165) is 16.8 Å². The van der Waals surface area contributed by atoms with Gasteiger partial charge < -0.3 is 15.0 Å². The second-order valence-electron chi connectivity index (χ2n) is 7.39. The molecule has 0 aliphatic heterocycles. The van der Waals surface area contributed by atoms with Gasteiger partial charge in [-0.2, -0.15) is 28.2 Å². The summed E-state index contributed by atoms with van der Waals surface area (Å²) >= 11 is -2.68. The standard InChI is InChI=1S/C22H15F4N7O2S/c1-11-16(10-27)19(28)33(31-11)20-17(13-3-2-4-15(9-13)32-36(34)35)18(12-5-7-14(23)8-6-12)29-21(30-20)22(24,25)26/h2-9,32H,28H2,1H3,(H,34,35)/p-1. The van der Waals surface area contributed by atoms with Crippen LogP contribution in [0, 0.1) is 24.1 Å². The van der Waals surface area contributed by atoms with Gasteiger partial charge in [-0.3, -0.25) is 4.21 Å². The second-order valence-corrected chi connectivity index (χ2v) is 8.06. The molecule has 4 aromatic rings. The van der Waals surface area contributed by atoms with Gasteiger partial charge in [-0.05, 0) is 48.9 Å². The molecule has 0 amide bonds. The molecule has 0 aliphatic rings. The van der Waals surface area contributed by atoms with Gasteiger partial charge >= 0.3 is 6.18 Å². The van der Waals surface area contributed by atoms with Crippen LogP contribution in [0.15, 0.2) is 48.5 Å². The molecule has 0 fully saturated rings. The zero-order chi connectivity index (χ0) is 26.2. The molecule has 1 unspecified atom stereocenters. The normalized spacial score (nSPS) is 12.2.